The highest BCUT2D eigenvalue weighted by molar-refractivity contribution is 5.85. The smallest absolute Gasteiger partial charge is 0.315 e. The zero-order valence-corrected chi connectivity index (χ0v) is 43.1. The summed E-state index contributed by atoms with van der Waals surface area (Å²) in [6.07, 6.45) is 3.95. The van der Waals surface area contributed by atoms with Crippen molar-refractivity contribution in [2.75, 3.05) is 65.4 Å². The van der Waals surface area contributed by atoms with Crippen LogP contribution in [-0.2, 0) is 36.8 Å². The van der Waals surface area contributed by atoms with Gasteiger partial charge in [-0.25, -0.2) is 34.7 Å². The summed E-state index contributed by atoms with van der Waals surface area (Å²) in [5.41, 5.74) is 15.9. The lowest BCUT2D eigenvalue weighted by Crippen LogP contribution is -2.40. The van der Waals surface area contributed by atoms with Gasteiger partial charge in [0, 0.05) is 46.3 Å². The van der Waals surface area contributed by atoms with E-state index < -0.39 is 36.6 Å². The number of nitrogens with zero attached hydrogens (tertiary/aromatic N) is 10. The third-order valence-electron chi connectivity index (χ3n) is 12.6. The average Bonchev–Trinajstić information content (AvgIpc) is 4.21. The number of unbranched alkanes of at least 4 members (excludes halogenated alkanes) is 1. The van der Waals surface area contributed by atoms with Crippen molar-refractivity contribution in [2.24, 2.45) is 0 Å². The monoisotopic (exact) mass is 1050 g/mol. The second-order valence-electron chi connectivity index (χ2n) is 18.5. The normalized spacial score (nSPS) is 22.6. The second-order valence-corrected chi connectivity index (χ2v) is 18.5. The number of benzene rings is 2. The number of aromatic nitrogens is 8. The molecule has 10 N–H and O–H groups in total. The summed E-state index contributed by atoms with van der Waals surface area (Å²) in [7, 11) is 4.95. The molecule has 3 saturated heterocycles. The van der Waals surface area contributed by atoms with Gasteiger partial charge >= 0.3 is 6.03 Å². The molecule has 3 amide bonds. The molecule has 25 heteroatoms. The van der Waals surface area contributed by atoms with Crippen LogP contribution in [0.4, 0.5) is 16.4 Å². The molecule has 0 aliphatic carbocycles. The van der Waals surface area contributed by atoms with E-state index >= 15 is 0 Å². The largest absolute Gasteiger partial charge is 0.400 e. The first-order chi connectivity index (χ1) is 35.2. The van der Waals surface area contributed by atoms with Gasteiger partial charge in [-0.2, -0.15) is 0 Å². The first-order valence-electron chi connectivity index (χ1n) is 24.3. The minimum atomic E-state index is -1.15. The van der Waals surface area contributed by atoms with Crippen molar-refractivity contribution < 1.29 is 43.9 Å². The Morgan fingerprint density at radius 2 is 1.18 bits per heavy atom. The van der Waals surface area contributed by atoms with Gasteiger partial charge in [0.1, 0.15) is 60.3 Å². The maximum absolute atomic E-state index is 12.2. The summed E-state index contributed by atoms with van der Waals surface area (Å²) in [6.45, 7) is 7.95. The van der Waals surface area contributed by atoms with Gasteiger partial charge in [-0.1, -0.05) is 60.7 Å². The Kier molecular flexibility index (Phi) is 20.7. The zero-order chi connectivity index (χ0) is 52.1. The summed E-state index contributed by atoms with van der Waals surface area (Å²) in [6, 6.07) is 19.4. The second kappa shape index (κ2) is 26.9. The van der Waals surface area contributed by atoms with E-state index in [0.717, 1.165) is 37.6 Å². The van der Waals surface area contributed by atoms with E-state index in [4.69, 9.17) is 35.5 Å². The lowest BCUT2D eigenvalue weighted by Gasteiger charge is -2.27. The van der Waals surface area contributed by atoms with Crippen molar-refractivity contribution in [3.05, 3.63) is 97.1 Å². The molecular weight excluding hydrogens is 978 g/mol. The molecule has 2 aromatic carbocycles. The van der Waals surface area contributed by atoms with E-state index in [1.54, 1.807) is 10.9 Å². The van der Waals surface area contributed by atoms with Crippen molar-refractivity contribution >= 4 is 58.3 Å². The van der Waals surface area contributed by atoms with Crippen LogP contribution in [-0.4, -0.2) is 172 Å². The van der Waals surface area contributed by atoms with Crippen molar-refractivity contribution in [3.8, 4) is 0 Å². The standard InChI is InChI=1S/C26H35N7O4.C22H30N8O4.CH4O.ClH/c1-26(2)36-21-18(14-32(3)12-8-7-11-19(34)28-13-17-9-5-4-6-10-17)35-25(22(21)37-26)33-16-31-20-23(27)29-15-30-24(20)33;1-29(9-5-8-24-22(33)25-10-14-6-3-2-4-7-14)11-15-17(31)18(32)21(34-15)30-13-28-16-19(23)26-12-27-20(16)30;1-2;/h4-6,9-10,15-16,18,21-22,25H,7-8,11-14H2,1-3H3,(H,28,34)(H2,27,29,30);2-4,6-7,12-13,15,17-18,21,31-32H,5,8-11H2,1H3,(H2,23,26,27)(H2,24,25,33);2H,1H3;1H/t18-,21-,22-,25-;15-,17-,18-,21-;;/m11../s1. The van der Waals surface area contributed by atoms with Gasteiger partial charge in [-0.3, -0.25) is 13.9 Å². The Hall–Kier alpha value is -6.19. The van der Waals surface area contributed by atoms with E-state index in [9.17, 15) is 19.8 Å². The van der Waals surface area contributed by atoms with E-state index in [1.807, 2.05) is 91.0 Å². The molecule has 3 fully saturated rings. The number of fused-ring (bicyclic) bond motifs is 3. The number of nitrogens with two attached hydrogens (primary N) is 2. The number of ether oxygens (including phenoxy) is 4. The van der Waals surface area contributed by atoms with Crippen LogP contribution < -0.4 is 27.4 Å². The number of nitrogen functional groups attached to an aromatic ring is 2. The summed E-state index contributed by atoms with van der Waals surface area (Å²) >= 11 is 0. The number of carbonyl (C=O) groups excluding carboxylic acids is 2. The van der Waals surface area contributed by atoms with Gasteiger partial charge in [0.05, 0.1) is 12.7 Å². The predicted octanol–water partition coefficient (Wildman–Crippen LogP) is 2.12. The minimum absolute atomic E-state index is 0. The van der Waals surface area contributed by atoms with Gasteiger partial charge in [0.25, 0.3) is 0 Å². The van der Waals surface area contributed by atoms with Crippen molar-refractivity contribution in [2.45, 2.75) is 107 Å². The van der Waals surface area contributed by atoms with Crippen LogP contribution in [0, 0.1) is 0 Å². The van der Waals surface area contributed by atoms with Crippen molar-refractivity contribution in [1.29, 1.82) is 0 Å². The van der Waals surface area contributed by atoms with Crippen LogP contribution in [0.3, 0.4) is 0 Å². The molecule has 24 nitrogen and oxygen atoms in total. The fourth-order valence-corrected chi connectivity index (χ4v) is 8.99. The topological polar surface area (TPSA) is 314 Å². The lowest BCUT2D eigenvalue weighted by atomic mass is 10.1. The van der Waals surface area contributed by atoms with Crippen LogP contribution in [0.2, 0.25) is 0 Å². The number of aliphatic hydroxyl groups excluding tert-OH is 3. The third-order valence-corrected chi connectivity index (χ3v) is 12.6. The predicted molar refractivity (Wildman–Crippen MR) is 277 cm³/mol. The Morgan fingerprint density at radius 1 is 0.662 bits per heavy atom. The van der Waals surface area contributed by atoms with Crippen molar-refractivity contribution in [1.82, 2.24) is 64.8 Å². The zero-order valence-electron chi connectivity index (χ0n) is 42.3. The molecule has 3 aliphatic rings. The van der Waals surface area contributed by atoms with Crippen LogP contribution in [0.5, 0.6) is 0 Å². The van der Waals surface area contributed by atoms with Crippen LogP contribution in [0.1, 0.15) is 63.1 Å². The molecule has 6 aromatic rings. The number of carbonyl (C=O) groups is 2. The molecular formula is C49H70ClN15O9. The first kappa shape index (κ1) is 57.1. The summed E-state index contributed by atoms with van der Waals surface area (Å²) < 4.78 is 28.3. The summed E-state index contributed by atoms with van der Waals surface area (Å²) in [5.74, 6) is -0.0826. The van der Waals surface area contributed by atoms with Crippen molar-refractivity contribution in [3.63, 3.8) is 0 Å². The minimum Gasteiger partial charge on any atom is -0.400 e. The highest BCUT2D eigenvalue weighted by Gasteiger charge is 2.56. The fourth-order valence-electron chi connectivity index (χ4n) is 8.99. The molecule has 4 aromatic heterocycles. The molecule has 8 atom stereocenters. The Bertz CT molecular complexity index is 2690. The molecule has 402 valence electrons. The number of halogens is 1. The van der Waals surface area contributed by atoms with E-state index in [-0.39, 0.29) is 48.5 Å². The fraction of sp³-hybridized carbons (Fsp3) is 0.510. The number of imidazole rings is 2. The summed E-state index contributed by atoms with van der Waals surface area (Å²) in [4.78, 5) is 53.4. The average molecular weight is 1050 g/mol. The third kappa shape index (κ3) is 14.6. The number of urea groups is 1. The molecule has 0 spiro atoms. The molecule has 0 bridgehead atoms. The number of hydrogen-bond donors (Lipinski definition) is 8. The Morgan fingerprint density at radius 3 is 1.77 bits per heavy atom. The highest BCUT2D eigenvalue weighted by Crippen LogP contribution is 2.44. The van der Waals surface area contributed by atoms with Crippen LogP contribution in [0.25, 0.3) is 22.3 Å². The van der Waals surface area contributed by atoms with E-state index in [1.165, 1.54) is 19.0 Å². The quantitative estimate of drug-likeness (QED) is 0.0539. The van der Waals surface area contributed by atoms with Gasteiger partial charge in [0.15, 0.2) is 41.2 Å². The van der Waals surface area contributed by atoms with Gasteiger partial charge in [-0.15, -0.1) is 12.4 Å². The molecule has 0 unspecified atom stereocenters. The molecule has 0 saturated carbocycles. The number of anilines is 2. The lowest BCUT2D eigenvalue weighted by molar-refractivity contribution is -0.197. The molecule has 0 radical (unpaired) electrons. The maximum Gasteiger partial charge on any atom is 0.315 e. The Balaban J connectivity index is 0.000000231. The Labute approximate surface area is 435 Å². The number of likely N-dealkylation sites (N-methyl/N-ethyl adjacent to an activating group) is 2. The molecule has 9 rings (SSSR count). The van der Waals surface area contributed by atoms with Gasteiger partial charge in [-0.05, 0) is 71.4 Å². The molecule has 74 heavy (non-hydrogen) atoms. The number of amides is 3. The van der Waals surface area contributed by atoms with Crippen LogP contribution in [0.15, 0.2) is 86.0 Å². The van der Waals surface area contributed by atoms with Crippen LogP contribution >= 0.6 is 12.4 Å². The van der Waals surface area contributed by atoms with Gasteiger partial charge in [0.2, 0.25) is 5.91 Å². The SMILES string of the molecule is CN(CCCCC(=O)NCc1ccccc1)C[C@H]1O[C@@H](n2cnc3c(N)ncnc32)[C@@H]2OC(C)(C)O[C@@H]21.CN(CCCNC(=O)NCc1ccccc1)C[C@H]1O[C@@H](n2cnc3c(N)ncnc32)[C@H](O)[C@@H]1O.CO.Cl. The molecule has 7 heterocycles. The summed E-state index contributed by atoms with van der Waals surface area (Å²) in [5, 5.41) is 36.8. The number of rotatable bonds is 19. The number of nitrogens with one attached hydrogen (secondary N) is 3. The number of aliphatic hydroxyl groups is 3. The van der Waals surface area contributed by atoms with E-state index in [0.29, 0.717) is 80.3 Å². The van der Waals surface area contributed by atoms with Gasteiger partial charge < -0.3 is 71.5 Å². The first-order valence-corrected chi connectivity index (χ1v) is 24.3. The highest BCUT2D eigenvalue weighted by atomic mass is 35.5. The van der Waals surface area contributed by atoms with E-state index in [2.05, 4.69) is 57.8 Å². The molecule has 3 aliphatic heterocycles. The maximum atomic E-state index is 12.2. The number of hydrogen-bond acceptors (Lipinski definition) is 19.